The zero-order chi connectivity index (χ0) is 14.8. The Morgan fingerprint density at radius 1 is 1.40 bits per heavy atom. The van der Waals surface area contributed by atoms with Gasteiger partial charge in [0.1, 0.15) is 11.4 Å². The maximum absolute atomic E-state index is 10.4. The molecule has 20 heavy (non-hydrogen) atoms. The molecular formula is C16H22O4. The summed E-state index contributed by atoms with van der Waals surface area (Å²) in [5, 5.41) is 18.7. The molecule has 0 saturated carbocycles. The number of benzene rings is 1. The molecule has 0 bridgehead atoms. The standard InChI is InChI=1S/C16H22O4/c1-16(2)10-12-9-11(7-8-14(12)20-16)13(17)5-3-4-6-15(18)19/h7-9,13,17H,3-6,10H2,1-2H3,(H,18,19). The number of carboxylic acids is 1. The SMILES string of the molecule is CC1(C)Cc2cc(C(O)CCCCC(=O)O)ccc2O1. The second kappa shape index (κ2) is 5.83. The molecule has 1 heterocycles. The van der Waals surface area contributed by atoms with Crippen LogP contribution in [0.25, 0.3) is 0 Å². The minimum Gasteiger partial charge on any atom is -0.487 e. The van der Waals surface area contributed by atoms with Gasteiger partial charge in [-0.15, -0.1) is 0 Å². The third kappa shape index (κ3) is 3.73. The van der Waals surface area contributed by atoms with E-state index in [0.29, 0.717) is 19.3 Å². The molecule has 0 amide bonds. The van der Waals surface area contributed by atoms with Gasteiger partial charge < -0.3 is 14.9 Å². The minimum atomic E-state index is -0.781. The third-order valence-electron chi connectivity index (χ3n) is 3.59. The van der Waals surface area contributed by atoms with Gasteiger partial charge in [0.15, 0.2) is 0 Å². The minimum absolute atomic E-state index is 0.166. The van der Waals surface area contributed by atoms with Gasteiger partial charge in [0.05, 0.1) is 6.10 Å². The lowest BCUT2D eigenvalue weighted by molar-refractivity contribution is -0.137. The first-order valence-corrected chi connectivity index (χ1v) is 7.09. The van der Waals surface area contributed by atoms with E-state index >= 15 is 0 Å². The fraction of sp³-hybridized carbons (Fsp3) is 0.562. The van der Waals surface area contributed by atoms with Crippen LogP contribution in [0.4, 0.5) is 0 Å². The molecule has 2 rings (SSSR count). The summed E-state index contributed by atoms with van der Waals surface area (Å²) in [5.41, 5.74) is 1.85. The van der Waals surface area contributed by atoms with Crippen molar-refractivity contribution in [3.63, 3.8) is 0 Å². The van der Waals surface area contributed by atoms with E-state index in [0.717, 1.165) is 23.3 Å². The number of carbonyl (C=O) groups is 1. The molecule has 0 spiro atoms. The van der Waals surface area contributed by atoms with Crippen LogP contribution < -0.4 is 4.74 Å². The average Bonchev–Trinajstić information content (AvgIpc) is 2.66. The van der Waals surface area contributed by atoms with E-state index in [1.807, 2.05) is 18.2 Å². The van der Waals surface area contributed by atoms with Crippen molar-refractivity contribution in [1.82, 2.24) is 0 Å². The van der Waals surface area contributed by atoms with Crippen molar-refractivity contribution in [3.8, 4) is 5.75 Å². The van der Waals surface area contributed by atoms with Crippen LogP contribution >= 0.6 is 0 Å². The summed E-state index contributed by atoms with van der Waals surface area (Å²) in [6, 6.07) is 5.81. The van der Waals surface area contributed by atoms with Gasteiger partial charge in [-0.05, 0) is 56.4 Å². The van der Waals surface area contributed by atoms with E-state index in [9.17, 15) is 9.90 Å². The van der Waals surface area contributed by atoms with Gasteiger partial charge in [-0.25, -0.2) is 0 Å². The number of hydrogen-bond acceptors (Lipinski definition) is 3. The van der Waals surface area contributed by atoms with Crippen molar-refractivity contribution < 1.29 is 19.7 Å². The quantitative estimate of drug-likeness (QED) is 0.785. The Morgan fingerprint density at radius 2 is 2.15 bits per heavy atom. The molecule has 4 heteroatoms. The summed E-state index contributed by atoms with van der Waals surface area (Å²) in [6.45, 7) is 4.10. The topological polar surface area (TPSA) is 66.8 Å². The predicted molar refractivity (Wildman–Crippen MR) is 75.9 cm³/mol. The number of aliphatic carboxylic acids is 1. The van der Waals surface area contributed by atoms with Crippen molar-refractivity contribution >= 4 is 5.97 Å². The highest BCUT2D eigenvalue weighted by Gasteiger charge is 2.30. The van der Waals surface area contributed by atoms with E-state index in [1.54, 1.807) is 0 Å². The van der Waals surface area contributed by atoms with Crippen LogP contribution in [0.2, 0.25) is 0 Å². The molecular weight excluding hydrogens is 256 g/mol. The fourth-order valence-electron chi connectivity index (χ4n) is 2.62. The van der Waals surface area contributed by atoms with Crippen molar-refractivity contribution in [1.29, 1.82) is 0 Å². The number of rotatable bonds is 6. The van der Waals surface area contributed by atoms with Gasteiger partial charge in [-0.1, -0.05) is 6.07 Å². The van der Waals surface area contributed by atoms with Crippen LogP contribution in [0.15, 0.2) is 18.2 Å². The Morgan fingerprint density at radius 3 is 2.85 bits per heavy atom. The molecule has 0 radical (unpaired) electrons. The zero-order valence-electron chi connectivity index (χ0n) is 12.1. The molecule has 1 atom stereocenters. The molecule has 110 valence electrons. The lowest BCUT2D eigenvalue weighted by Crippen LogP contribution is -2.24. The second-order valence-electron chi connectivity index (χ2n) is 6.06. The molecule has 0 fully saturated rings. The van der Waals surface area contributed by atoms with Crippen LogP contribution in [-0.4, -0.2) is 21.8 Å². The lowest BCUT2D eigenvalue weighted by atomic mass is 9.97. The molecule has 1 aliphatic rings. The Kier molecular flexibility index (Phi) is 4.33. The highest BCUT2D eigenvalue weighted by Crippen LogP contribution is 2.36. The van der Waals surface area contributed by atoms with Crippen molar-refractivity contribution in [2.24, 2.45) is 0 Å². The summed E-state index contributed by atoms with van der Waals surface area (Å²) in [4.78, 5) is 10.4. The average molecular weight is 278 g/mol. The molecule has 0 aromatic heterocycles. The number of aliphatic hydroxyl groups is 1. The number of aliphatic hydroxyl groups excluding tert-OH is 1. The van der Waals surface area contributed by atoms with Crippen LogP contribution in [0.1, 0.15) is 56.8 Å². The molecule has 0 aliphatic carbocycles. The number of fused-ring (bicyclic) bond motifs is 1. The Hall–Kier alpha value is -1.55. The van der Waals surface area contributed by atoms with Crippen molar-refractivity contribution in [2.45, 2.75) is 57.7 Å². The van der Waals surface area contributed by atoms with Crippen LogP contribution in [0.5, 0.6) is 5.75 Å². The third-order valence-corrected chi connectivity index (χ3v) is 3.59. The first-order valence-electron chi connectivity index (χ1n) is 7.09. The van der Waals surface area contributed by atoms with E-state index in [1.165, 1.54) is 0 Å². The van der Waals surface area contributed by atoms with E-state index in [4.69, 9.17) is 9.84 Å². The normalized spacial score (nSPS) is 17.4. The fourth-order valence-corrected chi connectivity index (χ4v) is 2.62. The van der Waals surface area contributed by atoms with Gasteiger partial charge in [0.2, 0.25) is 0 Å². The maximum Gasteiger partial charge on any atom is 0.303 e. The summed E-state index contributed by atoms with van der Waals surface area (Å²) in [7, 11) is 0. The summed E-state index contributed by atoms with van der Waals surface area (Å²) in [5.74, 6) is 0.119. The summed E-state index contributed by atoms with van der Waals surface area (Å²) >= 11 is 0. The Labute approximate surface area is 119 Å². The van der Waals surface area contributed by atoms with Gasteiger partial charge >= 0.3 is 5.97 Å². The highest BCUT2D eigenvalue weighted by atomic mass is 16.5. The largest absolute Gasteiger partial charge is 0.487 e. The smallest absolute Gasteiger partial charge is 0.303 e. The van der Waals surface area contributed by atoms with E-state index < -0.39 is 12.1 Å². The molecule has 4 nitrogen and oxygen atoms in total. The first-order chi connectivity index (χ1) is 9.37. The van der Waals surface area contributed by atoms with Gasteiger partial charge in [-0.3, -0.25) is 4.79 Å². The van der Waals surface area contributed by atoms with Gasteiger partial charge in [0.25, 0.3) is 0 Å². The molecule has 0 saturated heterocycles. The number of ether oxygens (including phenoxy) is 1. The van der Waals surface area contributed by atoms with Crippen LogP contribution in [0, 0.1) is 0 Å². The number of hydrogen-bond donors (Lipinski definition) is 2. The molecule has 2 N–H and O–H groups in total. The van der Waals surface area contributed by atoms with Crippen molar-refractivity contribution in [3.05, 3.63) is 29.3 Å². The molecule has 1 aromatic rings. The first kappa shape index (κ1) is 14.9. The lowest BCUT2D eigenvalue weighted by Gasteiger charge is -2.16. The second-order valence-corrected chi connectivity index (χ2v) is 6.06. The molecule has 1 unspecified atom stereocenters. The van der Waals surface area contributed by atoms with Gasteiger partial charge in [0, 0.05) is 12.8 Å². The Bertz CT molecular complexity index is 493. The van der Waals surface area contributed by atoms with Crippen molar-refractivity contribution in [2.75, 3.05) is 0 Å². The number of carboxylic acid groups (broad SMARTS) is 1. The molecule has 1 aliphatic heterocycles. The maximum atomic E-state index is 10.4. The predicted octanol–water partition coefficient (Wildman–Crippen LogP) is 3.08. The zero-order valence-corrected chi connectivity index (χ0v) is 12.1. The monoisotopic (exact) mass is 278 g/mol. The Balaban J connectivity index is 1.92. The van der Waals surface area contributed by atoms with Gasteiger partial charge in [-0.2, -0.15) is 0 Å². The summed E-state index contributed by atoms with van der Waals surface area (Å²) < 4.78 is 5.81. The van der Waals surface area contributed by atoms with E-state index in [2.05, 4.69) is 13.8 Å². The van der Waals surface area contributed by atoms with E-state index in [-0.39, 0.29) is 12.0 Å². The summed E-state index contributed by atoms with van der Waals surface area (Å²) in [6.07, 6.45) is 2.40. The van der Waals surface area contributed by atoms with Crippen LogP contribution in [0.3, 0.4) is 0 Å². The molecule has 1 aromatic carbocycles. The highest BCUT2D eigenvalue weighted by molar-refractivity contribution is 5.66. The number of unbranched alkanes of at least 4 members (excludes halogenated alkanes) is 1. The van der Waals surface area contributed by atoms with Crippen LogP contribution in [-0.2, 0) is 11.2 Å².